The van der Waals surface area contributed by atoms with Crippen LogP contribution in [0.15, 0.2) is 42.9 Å². The van der Waals surface area contributed by atoms with Crippen molar-refractivity contribution in [3.63, 3.8) is 0 Å². The summed E-state index contributed by atoms with van der Waals surface area (Å²) in [7, 11) is 0. The Hall–Kier alpha value is -4.34. The van der Waals surface area contributed by atoms with Crippen molar-refractivity contribution in [2.45, 2.75) is 26.2 Å². The maximum Gasteiger partial charge on any atom is 0.274 e. The summed E-state index contributed by atoms with van der Waals surface area (Å²) in [4.78, 5) is 28.1. The summed E-state index contributed by atoms with van der Waals surface area (Å²) in [6.07, 6.45) is 4.81. The molecule has 0 bridgehead atoms. The van der Waals surface area contributed by atoms with Crippen molar-refractivity contribution >= 4 is 17.4 Å². The van der Waals surface area contributed by atoms with E-state index in [-0.39, 0.29) is 5.69 Å². The van der Waals surface area contributed by atoms with E-state index in [2.05, 4.69) is 32.4 Å². The van der Waals surface area contributed by atoms with Crippen LogP contribution in [-0.4, -0.2) is 47.2 Å². The van der Waals surface area contributed by atoms with Crippen LogP contribution >= 0.6 is 0 Å². The molecule has 0 aliphatic carbocycles. The molecular formula is C26H25N7O2. The largest absolute Gasteiger partial charge is 0.378 e. The monoisotopic (exact) mass is 467 g/mol. The van der Waals surface area contributed by atoms with Gasteiger partial charge in [-0.2, -0.15) is 10.5 Å². The minimum absolute atomic E-state index is 0.205. The van der Waals surface area contributed by atoms with Gasteiger partial charge < -0.3 is 15.0 Å². The van der Waals surface area contributed by atoms with Gasteiger partial charge in [-0.15, -0.1) is 0 Å². The lowest BCUT2D eigenvalue weighted by Gasteiger charge is -2.28. The average molecular weight is 468 g/mol. The number of aromatic nitrogens is 3. The fourth-order valence-corrected chi connectivity index (χ4v) is 3.81. The molecule has 0 aromatic carbocycles. The number of nitrogens with zero attached hydrogens (tertiary/aromatic N) is 6. The van der Waals surface area contributed by atoms with Gasteiger partial charge in [0.15, 0.2) is 0 Å². The molecule has 1 aliphatic heterocycles. The Kier molecular flexibility index (Phi) is 6.72. The molecule has 0 radical (unpaired) electrons. The highest BCUT2D eigenvalue weighted by atomic mass is 16.5. The van der Waals surface area contributed by atoms with Crippen molar-refractivity contribution in [3.05, 3.63) is 65.4 Å². The molecule has 3 aromatic heterocycles. The molecule has 0 atom stereocenters. The lowest BCUT2D eigenvalue weighted by atomic mass is 9.86. The van der Waals surface area contributed by atoms with Crippen molar-refractivity contribution in [2.24, 2.45) is 0 Å². The molecule has 0 unspecified atom stereocenters. The summed E-state index contributed by atoms with van der Waals surface area (Å²) in [6.45, 7) is 8.00. The van der Waals surface area contributed by atoms with Crippen molar-refractivity contribution in [1.82, 2.24) is 15.0 Å². The number of carbonyl (C=O) groups is 1. The molecule has 9 heteroatoms. The smallest absolute Gasteiger partial charge is 0.274 e. The molecule has 1 amide bonds. The molecule has 4 heterocycles. The summed E-state index contributed by atoms with van der Waals surface area (Å²) in [5, 5.41) is 22.0. The fourth-order valence-electron chi connectivity index (χ4n) is 3.81. The van der Waals surface area contributed by atoms with Crippen LogP contribution in [0.4, 0.5) is 11.5 Å². The van der Waals surface area contributed by atoms with Crippen LogP contribution in [0, 0.1) is 29.6 Å². The van der Waals surface area contributed by atoms with Gasteiger partial charge in [-0.1, -0.05) is 0 Å². The van der Waals surface area contributed by atoms with E-state index >= 15 is 0 Å². The van der Waals surface area contributed by atoms with Crippen LogP contribution in [0.1, 0.15) is 41.2 Å². The number of nitriles is 2. The van der Waals surface area contributed by atoms with E-state index in [1.807, 2.05) is 11.8 Å². The number of carbonyl (C=O) groups excluding carboxylic acids is 1. The number of ether oxygens (including phenoxy) is 1. The minimum Gasteiger partial charge on any atom is -0.378 e. The Morgan fingerprint density at radius 2 is 1.89 bits per heavy atom. The summed E-state index contributed by atoms with van der Waals surface area (Å²) >= 11 is 0. The molecule has 4 rings (SSSR count). The van der Waals surface area contributed by atoms with Gasteiger partial charge in [0.25, 0.3) is 5.91 Å². The lowest BCUT2D eigenvalue weighted by molar-refractivity contribution is 0.102. The predicted molar refractivity (Wildman–Crippen MR) is 131 cm³/mol. The van der Waals surface area contributed by atoms with E-state index in [4.69, 9.17) is 4.74 Å². The van der Waals surface area contributed by atoms with Gasteiger partial charge in [-0.05, 0) is 50.6 Å². The van der Waals surface area contributed by atoms with Gasteiger partial charge in [0.1, 0.15) is 17.6 Å². The van der Waals surface area contributed by atoms with Gasteiger partial charge in [0.05, 0.1) is 42.1 Å². The van der Waals surface area contributed by atoms with Crippen molar-refractivity contribution in [1.29, 1.82) is 10.5 Å². The van der Waals surface area contributed by atoms with Gasteiger partial charge >= 0.3 is 0 Å². The summed E-state index contributed by atoms with van der Waals surface area (Å²) in [5.74, 6) is 0.233. The molecular weight excluding hydrogens is 442 g/mol. The minimum atomic E-state index is -0.741. The Morgan fingerprint density at radius 3 is 2.60 bits per heavy atom. The molecule has 9 nitrogen and oxygen atoms in total. The lowest BCUT2D eigenvalue weighted by Crippen LogP contribution is -2.37. The van der Waals surface area contributed by atoms with Gasteiger partial charge in [0.2, 0.25) is 0 Å². The van der Waals surface area contributed by atoms with E-state index in [0.717, 1.165) is 16.8 Å². The zero-order valence-corrected chi connectivity index (χ0v) is 19.9. The molecule has 35 heavy (non-hydrogen) atoms. The number of aryl methyl sites for hydroxylation is 1. The van der Waals surface area contributed by atoms with Crippen molar-refractivity contribution in [2.75, 3.05) is 36.5 Å². The van der Waals surface area contributed by atoms with Crippen LogP contribution in [0.3, 0.4) is 0 Å². The molecule has 3 aromatic rings. The van der Waals surface area contributed by atoms with E-state index in [0.29, 0.717) is 48.9 Å². The van der Waals surface area contributed by atoms with Gasteiger partial charge in [0, 0.05) is 42.3 Å². The van der Waals surface area contributed by atoms with Crippen molar-refractivity contribution < 1.29 is 9.53 Å². The summed E-state index contributed by atoms with van der Waals surface area (Å²) < 4.78 is 5.40. The van der Waals surface area contributed by atoms with Gasteiger partial charge in [-0.25, -0.2) is 4.98 Å². The Balaban J connectivity index is 1.60. The van der Waals surface area contributed by atoms with E-state index < -0.39 is 11.3 Å². The second-order valence-corrected chi connectivity index (χ2v) is 8.78. The molecule has 1 N–H and O–H groups in total. The quantitative estimate of drug-likeness (QED) is 0.603. The third-order valence-corrected chi connectivity index (χ3v) is 5.95. The highest BCUT2D eigenvalue weighted by Crippen LogP contribution is 2.29. The first-order chi connectivity index (χ1) is 16.8. The second-order valence-electron chi connectivity index (χ2n) is 8.78. The third-order valence-electron chi connectivity index (χ3n) is 5.95. The van der Waals surface area contributed by atoms with E-state index in [1.165, 1.54) is 6.20 Å². The number of pyridine rings is 3. The molecule has 1 aliphatic rings. The van der Waals surface area contributed by atoms with Crippen LogP contribution < -0.4 is 10.2 Å². The van der Waals surface area contributed by atoms with Crippen LogP contribution in [0.25, 0.3) is 11.1 Å². The highest BCUT2D eigenvalue weighted by Gasteiger charge is 2.22. The maximum absolute atomic E-state index is 12.9. The highest BCUT2D eigenvalue weighted by molar-refractivity contribution is 6.03. The summed E-state index contributed by atoms with van der Waals surface area (Å²) in [5.41, 5.74) is 3.36. The second kappa shape index (κ2) is 9.88. The number of rotatable bonds is 5. The van der Waals surface area contributed by atoms with Crippen molar-refractivity contribution in [3.8, 4) is 23.3 Å². The Morgan fingerprint density at radius 1 is 1.11 bits per heavy atom. The first-order valence-electron chi connectivity index (χ1n) is 11.2. The van der Waals surface area contributed by atoms with E-state index in [1.54, 1.807) is 50.5 Å². The van der Waals surface area contributed by atoms with Crippen LogP contribution in [0.5, 0.6) is 0 Å². The maximum atomic E-state index is 12.9. The summed E-state index contributed by atoms with van der Waals surface area (Å²) in [6, 6.07) is 11.4. The van der Waals surface area contributed by atoms with E-state index in [9.17, 15) is 15.3 Å². The number of nitrogens with one attached hydrogen (secondary N) is 1. The zero-order valence-electron chi connectivity index (χ0n) is 19.9. The molecule has 1 fully saturated rings. The first-order valence-corrected chi connectivity index (χ1v) is 11.2. The standard InChI is InChI=1S/C26H25N7O2/c1-17-22(19-10-18(13-27)24(31-14-19)33-6-8-35-9-7-33)12-21(15-30-17)32-25(34)23-11-20(4-5-29-23)26(2,3)16-28/h4-5,10-12,14-15H,6-9H2,1-3H3,(H,32,34). The number of hydrogen-bond acceptors (Lipinski definition) is 8. The number of amides is 1. The topological polar surface area (TPSA) is 128 Å². The fraction of sp³-hybridized carbons (Fsp3) is 0.308. The number of hydrogen-bond donors (Lipinski definition) is 1. The zero-order chi connectivity index (χ0) is 25.0. The normalized spacial score (nSPS) is 13.6. The van der Waals surface area contributed by atoms with Gasteiger partial charge in [-0.3, -0.25) is 14.8 Å². The molecule has 0 saturated carbocycles. The Bertz CT molecular complexity index is 1350. The number of morpholine rings is 1. The van der Waals surface area contributed by atoms with Crippen LogP contribution in [-0.2, 0) is 10.2 Å². The predicted octanol–water partition coefficient (Wildman–Crippen LogP) is 3.61. The average Bonchev–Trinajstić information content (AvgIpc) is 2.90. The van der Waals surface area contributed by atoms with Crippen LogP contribution in [0.2, 0.25) is 0 Å². The molecule has 1 saturated heterocycles. The third kappa shape index (κ3) is 5.11. The first kappa shape index (κ1) is 23.8. The number of anilines is 2. The SMILES string of the molecule is Cc1ncc(NC(=O)c2cc(C(C)(C)C#N)ccn2)cc1-c1cnc(N2CCOCC2)c(C#N)c1. The molecule has 0 spiro atoms. The Labute approximate surface area is 204 Å². The molecule has 176 valence electrons.